The first-order chi connectivity index (χ1) is 13.0. The summed E-state index contributed by atoms with van der Waals surface area (Å²) >= 11 is 0. The summed E-state index contributed by atoms with van der Waals surface area (Å²) in [6, 6.07) is 0.0536. The lowest BCUT2D eigenvalue weighted by atomic mass is 10.1. The minimum Gasteiger partial charge on any atom is -0.297 e. The molecule has 2 fully saturated rings. The summed E-state index contributed by atoms with van der Waals surface area (Å²) in [5.74, 6) is 0.672. The summed E-state index contributed by atoms with van der Waals surface area (Å²) in [5.41, 5.74) is 0. The summed E-state index contributed by atoms with van der Waals surface area (Å²) in [6.45, 7) is 8.60. The molecule has 0 aromatic rings. The van der Waals surface area contributed by atoms with Gasteiger partial charge in [-0.2, -0.15) is 0 Å². The maximum Gasteiger partial charge on any atom is 0.160 e. The molecule has 0 spiro atoms. The molecule has 2 aliphatic heterocycles. The van der Waals surface area contributed by atoms with Crippen molar-refractivity contribution in [1.82, 2.24) is 9.80 Å². The second-order valence-corrected chi connectivity index (χ2v) is 13.0. The van der Waals surface area contributed by atoms with E-state index in [0.717, 1.165) is 12.8 Å². The Morgan fingerprint density at radius 2 is 1.18 bits per heavy atom. The smallest absolute Gasteiger partial charge is 0.160 e. The van der Waals surface area contributed by atoms with E-state index in [4.69, 9.17) is 0 Å². The molecule has 0 aliphatic carbocycles. The zero-order valence-electron chi connectivity index (χ0n) is 17.6. The van der Waals surface area contributed by atoms with Gasteiger partial charge in [0.15, 0.2) is 25.5 Å². The van der Waals surface area contributed by atoms with Crippen molar-refractivity contribution >= 4 is 25.5 Å². The Morgan fingerprint density at radius 1 is 0.821 bits per heavy atom. The normalized spacial score (nSPS) is 28.6. The van der Waals surface area contributed by atoms with Gasteiger partial charge in [-0.25, -0.2) is 16.8 Å². The highest BCUT2D eigenvalue weighted by Crippen LogP contribution is 2.23. The van der Waals surface area contributed by atoms with Gasteiger partial charge < -0.3 is 0 Å². The quantitative estimate of drug-likeness (QED) is 0.507. The number of carbonyl (C=O) groups is 1. The molecule has 0 aromatic heterocycles. The van der Waals surface area contributed by atoms with Gasteiger partial charge in [0.05, 0.1) is 36.1 Å². The molecule has 0 bridgehead atoms. The van der Waals surface area contributed by atoms with Gasteiger partial charge in [-0.1, -0.05) is 13.8 Å². The molecule has 164 valence electrons. The summed E-state index contributed by atoms with van der Waals surface area (Å²) < 4.78 is 47.6. The van der Waals surface area contributed by atoms with Crippen molar-refractivity contribution in [2.75, 3.05) is 36.1 Å². The van der Waals surface area contributed by atoms with Crippen LogP contribution in [0, 0.1) is 0 Å². The highest BCUT2D eigenvalue weighted by Gasteiger charge is 2.37. The van der Waals surface area contributed by atoms with E-state index in [9.17, 15) is 21.6 Å². The fourth-order valence-electron chi connectivity index (χ4n) is 4.29. The van der Waals surface area contributed by atoms with Crippen LogP contribution in [-0.2, 0) is 24.5 Å². The Morgan fingerprint density at radius 3 is 1.43 bits per heavy atom. The van der Waals surface area contributed by atoms with E-state index >= 15 is 0 Å². The zero-order chi connectivity index (χ0) is 21.1. The highest BCUT2D eigenvalue weighted by molar-refractivity contribution is 7.91. The van der Waals surface area contributed by atoms with Gasteiger partial charge in [-0.05, 0) is 39.5 Å². The van der Waals surface area contributed by atoms with Crippen LogP contribution in [-0.4, -0.2) is 92.7 Å². The maximum absolute atomic E-state index is 13.0. The highest BCUT2D eigenvalue weighted by atomic mass is 32.2. The number of rotatable bonds is 10. The van der Waals surface area contributed by atoms with Crippen LogP contribution in [0.25, 0.3) is 0 Å². The van der Waals surface area contributed by atoms with Crippen LogP contribution in [0.4, 0.5) is 0 Å². The van der Waals surface area contributed by atoms with Crippen molar-refractivity contribution in [2.45, 2.75) is 77.5 Å². The van der Waals surface area contributed by atoms with E-state index < -0.39 is 19.7 Å². The molecule has 28 heavy (non-hydrogen) atoms. The first-order valence-corrected chi connectivity index (χ1v) is 14.1. The monoisotopic (exact) mass is 436 g/mol. The fraction of sp³-hybridized carbons (Fsp3) is 0.947. The SMILES string of the molecule is CC[C@@H](C)N(CC(=O)CN([C@@H]1CCS(=O)(=O)C1)[C@@H](C)CC)[C@@H]1CCS(=O)(=O)C1. The predicted octanol–water partition coefficient (Wildman–Crippen LogP) is 1.13. The first-order valence-electron chi connectivity index (χ1n) is 10.4. The minimum atomic E-state index is -3.01. The van der Waals surface area contributed by atoms with Crippen molar-refractivity contribution in [2.24, 2.45) is 0 Å². The van der Waals surface area contributed by atoms with E-state index in [2.05, 4.69) is 0 Å². The van der Waals surface area contributed by atoms with E-state index in [1.165, 1.54) is 0 Å². The third kappa shape index (κ3) is 6.24. The van der Waals surface area contributed by atoms with E-state index in [-0.39, 0.29) is 66.1 Å². The van der Waals surface area contributed by atoms with Crippen LogP contribution in [0.3, 0.4) is 0 Å². The number of carbonyl (C=O) groups excluding carboxylic acids is 1. The Balaban J connectivity index is 2.08. The number of sulfone groups is 2. The minimum absolute atomic E-state index is 0.0363. The summed E-state index contributed by atoms with van der Waals surface area (Å²) in [6.07, 6.45) is 2.85. The van der Waals surface area contributed by atoms with Crippen LogP contribution >= 0.6 is 0 Å². The molecule has 2 aliphatic rings. The van der Waals surface area contributed by atoms with E-state index in [1.807, 2.05) is 37.5 Å². The van der Waals surface area contributed by atoms with Crippen molar-refractivity contribution in [1.29, 1.82) is 0 Å². The molecule has 9 heteroatoms. The molecule has 2 rings (SSSR count). The molecule has 4 atom stereocenters. The van der Waals surface area contributed by atoms with Gasteiger partial charge in [-0.3, -0.25) is 14.6 Å². The molecule has 0 radical (unpaired) electrons. The maximum atomic E-state index is 13.0. The lowest BCUT2D eigenvalue weighted by Gasteiger charge is -2.36. The van der Waals surface area contributed by atoms with Crippen LogP contribution < -0.4 is 0 Å². The predicted molar refractivity (Wildman–Crippen MR) is 112 cm³/mol. The molecule has 0 saturated carbocycles. The van der Waals surface area contributed by atoms with Gasteiger partial charge in [0, 0.05) is 24.2 Å². The molecule has 2 heterocycles. The standard InChI is InChI=1S/C19H36N2O5S2/c1-5-15(3)20(17-7-9-27(23,24)13-17)11-19(22)12-21(16(4)6-2)18-8-10-28(25,26)14-18/h15-18H,5-14H2,1-4H3/t15-,16+,17-,18-/m1/s1. The van der Waals surface area contributed by atoms with E-state index in [1.54, 1.807) is 0 Å². The Kier molecular flexibility index (Phi) is 8.09. The summed E-state index contributed by atoms with van der Waals surface area (Å²) in [7, 11) is -6.03. The molecule has 7 nitrogen and oxygen atoms in total. The number of nitrogens with zero attached hydrogens (tertiary/aromatic N) is 2. The fourth-order valence-corrected chi connectivity index (χ4v) is 7.77. The molecule has 0 aromatic carbocycles. The lowest BCUT2D eigenvalue weighted by molar-refractivity contribution is -0.123. The van der Waals surface area contributed by atoms with Crippen LogP contribution in [0.15, 0.2) is 0 Å². The largest absolute Gasteiger partial charge is 0.297 e. The number of hydrogen-bond donors (Lipinski definition) is 0. The Bertz CT molecular complexity index is 688. The molecule has 0 amide bonds. The molecule has 2 saturated heterocycles. The number of Topliss-reactive ketones (excluding diaryl/α,β-unsaturated/α-hetero) is 1. The van der Waals surface area contributed by atoms with Gasteiger partial charge >= 0.3 is 0 Å². The number of hydrogen-bond acceptors (Lipinski definition) is 7. The van der Waals surface area contributed by atoms with Gasteiger partial charge in [0.1, 0.15) is 0 Å². The third-order valence-electron chi connectivity index (χ3n) is 6.39. The first kappa shape index (κ1) is 23.8. The summed E-state index contributed by atoms with van der Waals surface area (Å²) in [4.78, 5) is 17.1. The second kappa shape index (κ2) is 9.53. The average molecular weight is 437 g/mol. The van der Waals surface area contributed by atoms with Crippen molar-refractivity contribution < 1.29 is 21.6 Å². The van der Waals surface area contributed by atoms with Gasteiger partial charge in [0.25, 0.3) is 0 Å². The van der Waals surface area contributed by atoms with Crippen LogP contribution in [0.5, 0.6) is 0 Å². The third-order valence-corrected chi connectivity index (χ3v) is 9.89. The van der Waals surface area contributed by atoms with Crippen LogP contribution in [0.1, 0.15) is 53.4 Å². The zero-order valence-corrected chi connectivity index (χ0v) is 19.3. The second-order valence-electron chi connectivity index (χ2n) is 8.51. The topological polar surface area (TPSA) is 91.8 Å². The van der Waals surface area contributed by atoms with Gasteiger partial charge in [0.2, 0.25) is 0 Å². The average Bonchev–Trinajstić information content (AvgIpc) is 3.17. The molecule has 0 unspecified atom stereocenters. The molecular weight excluding hydrogens is 400 g/mol. The van der Waals surface area contributed by atoms with Crippen molar-refractivity contribution in [3.8, 4) is 0 Å². The Hall–Kier alpha value is -0.510. The summed E-state index contributed by atoms with van der Waals surface area (Å²) in [5, 5.41) is 0. The van der Waals surface area contributed by atoms with Crippen LogP contribution in [0.2, 0.25) is 0 Å². The Labute approximate surface area is 170 Å². The van der Waals surface area contributed by atoms with Crippen molar-refractivity contribution in [3.63, 3.8) is 0 Å². The van der Waals surface area contributed by atoms with Gasteiger partial charge in [-0.15, -0.1) is 0 Å². The molecule has 0 N–H and O–H groups in total. The molecular formula is C19H36N2O5S2. The van der Waals surface area contributed by atoms with E-state index in [0.29, 0.717) is 12.8 Å². The van der Waals surface area contributed by atoms with Crippen molar-refractivity contribution in [3.05, 3.63) is 0 Å². The number of ketones is 1. The lowest BCUT2D eigenvalue weighted by Crippen LogP contribution is -2.50.